The van der Waals surface area contributed by atoms with Crippen molar-refractivity contribution in [3.05, 3.63) is 35.9 Å². The summed E-state index contributed by atoms with van der Waals surface area (Å²) in [7, 11) is 0. The van der Waals surface area contributed by atoms with Gasteiger partial charge in [0.25, 0.3) is 0 Å². The van der Waals surface area contributed by atoms with Crippen LogP contribution in [0.25, 0.3) is 0 Å². The maximum absolute atomic E-state index is 5.94. The van der Waals surface area contributed by atoms with Gasteiger partial charge in [-0.3, -0.25) is 0 Å². The van der Waals surface area contributed by atoms with Crippen molar-refractivity contribution in [2.45, 2.75) is 44.6 Å². The summed E-state index contributed by atoms with van der Waals surface area (Å²) in [5.74, 6) is 0.596. The fourth-order valence-electron chi connectivity index (χ4n) is 3.14. The standard InChI is InChI=1S/C16H25NO/c1-13(2)15-12-16(8-10-17,9-11-18-15)14-6-4-3-5-7-14/h3-7,13,15H,8-12,17H2,1-2H3/p+1/t15-,16-/m1/s1. The van der Waals surface area contributed by atoms with Gasteiger partial charge >= 0.3 is 0 Å². The fourth-order valence-corrected chi connectivity index (χ4v) is 3.14. The van der Waals surface area contributed by atoms with E-state index in [2.05, 4.69) is 49.9 Å². The molecular weight excluding hydrogens is 222 g/mol. The number of ether oxygens (including phenoxy) is 1. The largest absolute Gasteiger partial charge is 0.378 e. The molecular formula is C16H26NO+. The molecule has 0 bridgehead atoms. The smallest absolute Gasteiger partial charge is 0.0748 e. The molecule has 18 heavy (non-hydrogen) atoms. The van der Waals surface area contributed by atoms with Gasteiger partial charge in [-0.25, -0.2) is 0 Å². The fraction of sp³-hybridized carbons (Fsp3) is 0.625. The van der Waals surface area contributed by atoms with E-state index in [9.17, 15) is 0 Å². The highest BCUT2D eigenvalue weighted by Gasteiger charge is 2.39. The van der Waals surface area contributed by atoms with Gasteiger partial charge in [-0.2, -0.15) is 0 Å². The first-order valence-corrected chi connectivity index (χ1v) is 7.14. The van der Waals surface area contributed by atoms with Crippen LogP contribution in [0.4, 0.5) is 0 Å². The molecule has 0 amide bonds. The number of benzene rings is 1. The third kappa shape index (κ3) is 2.76. The molecule has 2 nitrogen and oxygen atoms in total. The zero-order valence-corrected chi connectivity index (χ0v) is 11.7. The van der Waals surface area contributed by atoms with Gasteiger partial charge in [-0.05, 0) is 24.3 Å². The van der Waals surface area contributed by atoms with Crippen molar-refractivity contribution >= 4 is 0 Å². The number of quaternary nitrogens is 1. The minimum Gasteiger partial charge on any atom is -0.378 e. The first-order chi connectivity index (χ1) is 8.68. The van der Waals surface area contributed by atoms with Crippen LogP contribution in [0.5, 0.6) is 0 Å². The molecule has 0 spiro atoms. The lowest BCUT2D eigenvalue weighted by Gasteiger charge is -2.42. The molecule has 1 aromatic carbocycles. The molecule has 0 radical (unpaired) electrons. The van der Waals surface area contributed by atoms with E-state index in [0.717, 1.165) is 26.0 Å². The minimum absolute atomic E-state index is 0.288. The Balaban J connectivity index is 2.26. The normalized spacial score (nSPS) is 28.6. The second-order valence-electron chi connectivity index (χ2n) is 5.86. The molecule has 1 aliphatic rings. The zero-order chi connectivity index (χ0) is 13.0. The van der Waals surface area contributed by atoms with Crippen LogP contribution in [-0.4, -0.2) is 19.3 Å². The van der Waals surface area contributed by atoms with E-state index in [0.29, 0.717) is 12.0 Å². The van der Waals surface area contributed by atoms with E-state index in [1.807, 2.05) is 0 Å². The molecule has 2 atom stereocenters. The Morgan fingerprint density at radius 1 is 1.33 bits per heavy atom. The molecule has 1 heterocycles. The predicted molar refractivity (Wildman–Crippen MR) is 74.3 cm³/mol. The quantitative estimate of drug-likeness (QED) is 0.872. The van der Waals surface area contributed by atoms with Crippen LogP contribution in [0.3, 0.4) is 0 Å². The van der Waals surface area contributed by atoms with E-state index < -0.39 is 0 Å². The van der Waals surface area contributed by atoms with Crippen LogP contribution in [0.15, 0.2) is 30.3 Å². The van der Waals surface area contributed by atoms with Crippen molar-refractivity contribution in [3.63, 3.8) is 0 Å². The van der Waals surface area contributed by atoms with Crippen LogP contribution in [-0.2, 0) is 10.2 Å². The summed E-state index contributed by atoms with van der Waals surface area (Å²) in [5, 5.41) is 0. The molecule has 0 aromatic heterocycles. The third-order valence-electron chi connectivity index (χ3n) is 4.29. The van der Waals surface area contributed by atoms with Crippen molar-refractivity contribution < 1.29 is 10.5 Å². The summed E-state index contributed by atoms with van der Waals surface area (Å²) in [6.45, 7) is 6.41. The van der Waals surface area contributed by atoms with Gasteiger partial charge in [0.15, 0.2) is 0 Å². The SMILES string of the molecule is CC(C)[C@H]1C[C@](CC[NH3+])(c2ccccc2)CCO1. The Bertz CT molecular complexity index is 359. The van der Waals surface area contributed by atoms with Gasteiger partial charge in [0, 0.05) is 18.4 Å². The monoisotopic (exact) mass is 248 g/mol. The molecule has 0 saturated carbocycles. The van der Waals surface area contributed by atoms with Crippen LogP contribution >= 0.6 is 0 Å². The molecule has 1 fully saturated rings. The summed E-state index contributed by atoms with van der Waals surface area (Å²) in [5.41, 5.74) is 5.84. The topological polar surface area (TPSA) is 36.9 Å². The Hall–Kier alpha value is -0.860. The van der Waals surface area contributed by atoms with Gasteiger partial charge in [0.1, 0.15) is 0 Å². The Morgan fingerprint density at radius 2 is 2.06 bits per heavy atom. The summed E-state index contributed by atoms with van der Waals surface area (Å²) in [4.78, 5) is 0. The Labute approximate surface area is 111 Å². The van der Waals surface area contributed by atoms with E-state index in [1.54, 1.807) is 0 Å². The third-order valence-corrected chi connectivity index (χ3v) is 4.29. The molecule has 2 rings (SSSR count). The van der Waals surface area contributed by atoms with Crippen molar-refractivity contribution in [3.8, 4) is 0 Å². The Kier molecular flexibility index (Phi) is 4.41. The van der Waals surface area contributed by atoms with E-state index in [4.69, 9.17) is 4.74 Å². The second kappa shape index (κ2) is 5.85. The van der Waals surface area contributed by atoms with Gasteiger partial charge in [-0.15, -0.1) is 0 Å². The maximum atomic E-state index is 5.94. The summed E-state index contributed by atoms with van der Waals surface area (Å²) < 4.78 is 5.94. The van der Waals surface area contributed by atoms with Crippen molar-refractivity contribution in [2.24, 2.45) is 5.92 Å². The first kappa shape index (κ1) is 13.6. The summed E-state index contributed by atoms with van der Waals surface area (Å²) >= 11 is 0. The van der Waals surface area contributed by atoms with Gasteiger partial charge < -0.3 is 10.5 Å². The molecule has 0 unspecified atom stereocenters. The number of hydrogen-bond acceptors (Lipinski definition) is 1. The van der Waals surface area contributed by atoms with Crippen LogP contribution in [0, 0.1) is 5.92 Å². The van der Waals surface area contributed by atoms with Gasteiger partial charge in [0.2, 0.25) is 0 Å². The minimum atomic E-state index is 0.288. The highest BCUT2D eigenvalue weighted by Crippen LogP contribution is 2.41. The molecule has 100 valence electrons. The lowest BCUT2D eigenvalue weighted by molar-refractivity contribution is -0.371. The summed E-state index contributed by atoms with van der Waals surface area (Å²) in [6, 6.07) is 11.0. The number of rotatable bonds is 4. The zero-order valence-electron chi connectivity index (χ0n) is 11.7. The van der Waals surface area contributed by atoms with E-state index >= 15 is 0 Å². The average molecular weight is 248 g/mol. The average Bonchev–Trinajstić information content (AvgIpc) is 2.40. The van der Waals surface area contributed by atoms with Crippen LogP contribution < -0.4 is 5.73 Å². The molecule has 1 saturated heterocycles. The van der Waals surface area contributed by atoms with Crippen LogP contribution in [0.2, 0.25) is 0 Å². The molecule has 0 aliphatic carbocycles. The second-order valence-corrected chi connectivity index (χ2v) is 5.86. The summed E-state index contributed by atoms with van der Waals surface area (Å²) in [6.07, 6.45) is 3.84. The molecule has 3 N–H and O–H groups in total. The maximum Gasteiger partial charge on any atom is 0.0748 e. The number of hydrogen-bond donors (Lipinski definition) is 1. The van der Waals surface area contributed by atoms with Crippen molar-refractivity contribution in [1.82, 2.24) is 0 Å². The lowest BCUT2D eigenvalue weighted by Crippen LogP contribution is -2.54. The molecule has 1 aliphatic heterocycles. The first-order valence-electron chi connectivity index (χ1n) is 7.14. The van der Waals surface area contributed by atoms with Gasteiger partial charge in [0.05, 0.1) is 12.6 Å². The van der Waals surface area contributed by atoms with Crippen molar-refractivity contribution in [2.75, 3.05) is 13.2 Å². The van der Waals surface area contributed by atoms with E-state index in [-0.39, 0.29) is 5.41 Å². The lowest BCUT2D eigenvalue weighted by atomic mass is 9.69. The van der Waals surface area contributed by atoms with Gasteiger partial charge in [-0.1, -0.05) is 44.2 Å². The highest BCUT2D eigenvalue weighted by molar-refractivity contribution is 5.26. The van der Waals surface area contributed by atoms with Crippen molar-refractivity contribution in [1.29, 1.82) is 0 Å². The Morgan fingerprint density at radius 3 is 2.67 bits per heavy atom. The molecule has 2 heteroatoms. The molecule has 1 aromatic rings. The highest BCUT2D eigenvalue weighted by atomic mass is 16.5. The van der Waals surface area contributed by atoms with Crippen LogP contribution in [0.1, 0.15) is 38.7 Å². The predicted octanol–water partition coefficient (Wildman–Crippen LogP) is 2.39. The van der Waals surface area contributed by atoms with E-state index in [1.165, 1.54) is 12.0 Å².